The van der Waals surface area contributed by atoms with Crippen LogP contribution in [0.1, 0.15) is 42.1 Å². The Morgan fingerprint density at radius 3 is 2.51 bits per heavy atom. The van der Waals surface area contributed by atoms with Crippen molar-refractivity contribution in [3.8, 4) is 11.4 Å². The molecule has 35 heavy (non-hydrogen) atoms. The van der Waals surface area contributed by atoms with E-state index in [2.05, 4.69) is 15.0 Å². The van der Waals surface area contributed by atoms with Gasteiger partial charge in [-0.05, 0) is 62.7 Å². The third-order valence-electron chi connectivity index (χ3n) is 6.86. The minimum absolute atomic E-state index is 0.0310. The standard InChI is InChI=1S/C25H28FN5O4/c1-17(24(32)29-11-13-30(14-12-29)25(33)21-5-3-15-34-21)31-10-2-4-19(16-31)23-27-22(28-35-23)18-6-8-20(26)9-7-18/h3,5-9,15,17,19H,2,4,10-14,16H2,1H3. The summed E-state index contributed by atoms with van der Waals surface area (Å²) in [5.41, 5.74) is 0.697. The lowest BCUT2D eigenvalue weighted by Crippen LogP contribution is -2.56. The average Bonchev–Trinajstić information content (AvgIpc) is 3.61. The van der Waals surface area contributed by atoms with Gasteiger partial charge >= 0.3 is 0 Å². The maximum atomic E-state index is 13.2. The third kappa shape index (κ3) is 4.97. The Hall–Kier alpha value is -3.53. The molecule has 2 aliphatic heterocycles. The highest BCUT2D eigenvalue weighted by molar-refractivity contribution is 5.91. The van der Waals surface area contributed by atoms with Gasteiger partial charge in [0.1, 0.15) is 5.82 Å². The number of nitrogens with zero attached hydrogens (tertiary/aromatic N) is 5. The van der Waals surface area contributed by atoms with Crippen molar-refractivity contribution in [1.82, 2.24) is 24.8 Å². The van der Waals surface area contributed by atoms with Crippen LogP contribution >= 0.6 is 0 Å². The molecule has 3 aromatic rings. The largest absolute Gasteiger partial charge is 0.459 e. The van der Waals surface area contributed by atoms with E-state index >= 15 is 0 Å². The van der Waals surface area contributed by atoms with Crippen molar-refractivity contribution in [3.05, 3.63) is 60.1 Å². The Morgan fingerprint density at radius 2 is 1.80 bits per heavy atom. The summed E-state index contributed by atoms with van der Waals surface area (Å²) in [4.78, 5) is 36.0. The van der Waals surface area contributed by atoms with Crippen LogP contribution in [-0.2, 0) is 4.79 Å². The third-order valence-corrected chi connectivity index (χ3v) is 6.86. The summed E-state index contributed by atoms with van der Waals surface area (Å²) in [7, 11) is 0. The van der Waals surface area contributed by atoms with Crippen LogP contribution in [0, 0.1) is 5.82 Å². The Balaban J connectivity index is 1.17. The molecule has 0 bridgehead atoms. The van der Waals surface area contributed by atoms with Gasteiger partial charge in [-0.3, -0.25) is 14.5 Å². The molecule has 9 nitrogen and oxygen atoms in total. The highest BCUT2D eigenvalue weighted by Gasteiger charge is 2.34. The summed E-state index contributed by atoms with van der Waals surface area (Å²) < 4.78 is 24.0. The van der Waals surface area contributed by atoms with Crippen LogP contribution in [0.3, 0.4) is 0 Å². The summed E-state index contributed by atoms with van der Waals surface area (Å²) in [5, 5.41) is 4.07. The zero-order valence-corrected chi connectivity index (χ0v) is 19.6. The van der Waals surface area contributed by atoms with Gasteiger partial charge in [-0.15, -0.1) is 0 Å². The Morgan fingerprint density at radius 1 is 1.06 bits per heavy atom. The number of aromatic nitrogens is 2. The number of benzene rings is 1. The second-order valence-electron chi connectivity index (χ2n) is 9.07. The van der Waals surface area contributed by atoms with E-state index in [4.69, 9.17) is 8.94 Å². The van der Waals surface area contributed by atoms with Crippen LogP contribution in [-0.4, -0.2) is 82.0 Å². The number of hydrogen-bond acceptors (Lipinski definition) is 7. The van der Waals surface area contributed by atoms with Crippen molar-refractivity contribution in [2.75, 3.05) is 39.3 Å². The molecule has 5 rings (SSSR count). The van der Waals surface area contributed by atoms with Crippen molar-refractivity contribution in [3.63, 3.8) is 0 Å². The van der Waals surface area contributed by atoms with Gasteiger partial charge in [-0.2, -0.15) is 4.98 Å². The minimum Gasteiger partial charge on any atom is -0.459 e. The lowest BCUT2D eigenvalue weighted by molar-refractivity contribution is -0.138. The van der Waals surface area contributed by atoms with E-state index in [1.54, 1.807) is 29.2 Å². The van der Waals surface area contributed by atoms with Gasteiger partial charge in [0, 0.05) is 38.3 Å². The molecule has 0 aliphatic carbocycles. The van der Waals surface area contributed by atoms with E-state index in [0.717, 1.165) is 19.4 Å². The van der Waals surface area contributed by atoms with Gasteiger partial charge in [0.25, 0.3) is 5.91 Å². The van der Waals surface area contributed by atoms with Crippen molar-refractivity contribution in [2.24, 2.45) is 0 Å². The second kappa shape index (κ2) is 9.99. The summed E-state index contributed by atoms with van der Waals surface area (Å²) in [6, 6.07) is 9.05. The van der Waals surface area contributed by atoms with Crippen molar-refractivity contribution in [2.45, 2.75) is 31.7 Å². The smallest absolute Gasteiger partial charge is 0.289 e. The molecule has 2 aromatic heterocycles. The summed E-state index contributed by atoms with van der Waals surface area (Å²) in [5.74, 6) is 0.929. The van der Waals surface area contributed by atoms with E-state index in [1.165, 1.54) is 18.4 Å². The van der Waals surface area contributed by atoms with Gasteiger partial charge in [0.05, 0.1) is 18.2 Å². The first-order valence-electron chi connectivity index (χ1n) is 11.9. The maximum absolute atomic E-state index is 13.2. The predicted molar refractivity (Wildman–Crippen MR) is 124 cm³/mol. The van der Waals surface area contributed by atoms with E-state index in [0.29, 0.717) is 55.8 Å². The highest BCUT2D eigenvalue weighted by Crippen LogP contribution is 2.29. The molecule has 0 spiro atoms. The lowest BCUT2D eigenvalue weighted by atomic mass is 9.96. The monoisotopic (exact) mass is 481 g/mol. The topological polar surface area (TPSA) is 95.9 Å². The molecule has 0 N–H and O–H groups in total. The summed E-state index contributed by atoms with van der Waals surface area (Å²) in [6.07, 6.45) is 3.30. The fraction of sp³-hybridized carbons (Fsp3) is 0.440. The second-order valence-corrected chi connectivity index (χ2v) is 9.07. The molecule has 2 fully saturated rings. The Labute approximate surface area is 202 Å². The predicted octanol–water partition coefficient (Wildman–Crippen LogP) is 3.02. The number of likely N-dealkylation sites (tertiary alicyclic amines) is 1. The maximum Gasteiger partial charge on any atom is 0.289 e. The molecule has 4 heterocycles. The minimum atomic E-state index is -0.315. The van der Waals surface area contributed by atoms with Gasteiger partial charge < -0.3 is 18.7 Å². The number of carbonyl (C=O) groups is 2. The molecule has 2 amide bonds. The highest BCUT2D eigenvalue weighted by atomic mass is 19.1. The number of furan rings is 1. The van der Waals surface area contributed by atoms with Crippen LogP contribution in [0.2, 0.25) is 0 Å². The molecular formula is C25H28FN5O4. The van der Waals surface area contributed by atoms with E-state index in [9.17, 15) is 14.0 Å². The molecule has 1 aromatic carbocycles. The van der Waals surface area contributed by atoms with E-state index < -0.39 is 0 Å². The number of piperidine rings is 1. The molecule has 10 heteroatoms. The van der Waals surface area contributed by atoms with Crippen LogP contribution in [0.15, 0.2) is 51.6 Å². The Bertz CT molecular complexity index is 1160. The van der Waals surface area contributed by atoms with Gasteiger partial charge in [-0.1, -0.05) is 5.16 Å². The molecular weight excluding hydrogens is 453 g/mol. The van der Waals surface area contributed by atoms with E-state index in [-0.39, 0.29) is 29.6 Å². The molecule has 184 valence electrons. The fourth-order valence-corrected chi connectivity index (χ4v) is 4.78. The molecule has 0 saturated carbocycles. The van der Waals surface area contributed by atoms with Gasteiger partial charge in [0.15, 0.2) is 5.76 Å². The number of carbonyl (C=O) groups excluding carboxylic acids is 2. The van der Waals surface area contributed by atoms with Crippen LogP contribution in [0.25, 0.3) is 11.4 Å². The number of hydrogen-bond donors (Lipinski definition) is 0. The summed E-state index contributed by atoms with van der Waals surface area (Å²) >= 11 is 0. The SMILES string of the molecule is CC(C(=O)N1CCN(C(=O)c2ccco2)CC1)N1CCCC(c2nc(-c3ccc(F)cc3)no2)C1. The van der Waals surface area contributed by atoms with Crippen molar-refractivity contribution >= 4 is 11.8 Å². The zero-order chi connectivity index (χ0) is 24.4. The van der Waals surface area contributed by atoms with Crippen LogP contribution < -0.4 is 0 Å². The van der Waals surface area contributed by atoms with Crippen molar-refractivity contribution in [1.29, 1.82) is 0 Å². The zero-order valence-electron chi connectivity index (χ0n) is 19.6. The first-order valence-corrected chi connectivity index (χ1v) is 11.9. The Kier molecular flexibility index (Phi) is 6.63. The molecule has 2 aliphatic rings. The number of piperazine rings is 1. The quantitative estimate of drug-likeness (QED) is 0.553. The van der Waals surface area contributed by atoms with Gasteiger partial charge in [0.2, 0.25) is 17.6 Å². The molecule has 0 radical (unpaired) electrons. The molecule has 2 unspecified atom stereocenters. The number of rotatable bonds is 5. The van der Waals surface area contributed by atoms with Crippen LogP contribution in [0.4, 0.5) is 4.39 Å². The first-order chi connectivity index (χ1) is 17.0. The molecule has 2 atom stereocenters. The van der Waals surface area contributed by atoms with E-state index in [1.807, 2.05) is 11.8 Å². The lowest BCUT2D eigenvalue weighted by Gasteiger charge is -2.39. The normalized spacial score (nSPS) is 20.1. The number of halogens is 1. The average molecular weight is 482 g/mol. The van der Waals surface area contributed by atoms with Crippen LogP contribution in [0.5, 0.6) is 0 Å². The molecule has 2 saturated heterocycles. The van der Waals surface area contributed by atoms with Gasteiger partial charge in [-0.25, -0.2) is 4.39 Å². The first kappa shape index (κ1) is 23.2. The number of amides is 2. The fourth-order valence-electron chi connectivity index (χ4n) is 4.78. The van der Waals surface area contributed by atoms with Crippen molar-refractivity contribution < 1.29 is 22.9 Å². The summed E-state index contributed by atoms with van der Waals surface area (Å²) in [6.45, 7) is 5.36.